The zero-order valence-electron chi connectivity index (χ0n) is 19.5. The van der Waals surface area contributed by atoms with Crippen LogP contribution >= 0.6 is 0 Å². The molecule has 0 bridgehead atoms. The SMILES string of the molecule is O=C([O-])CC(O)(CC(=O)[O-])C(=O)O.O=C([O-])CC(O)(CC(=O)[O-])C(=O)O.O=C([O-])CC(O)(CC(=O)[O-])C(=O)O.[Ti+4]. The van der Waals surface area contributed by atoms with Crippen molar-refractivity contribution in [1.82, 2.24) is 0 Å². The molecular weight excluding hydrogens is 600 g/mol. The Kier molecular flexibility index (Phi) is 19.5. The molecule has 0 unspecified atom stereocenters. The van der Waals surface area contributed by atoms with Gasteiger partial charge in [0.2, 0.25) is 0 Å². The maximum absolute atomic E-state index is 10.3. The van der Waals surface area contributed by atoms with Crippen LogP contribution in [0.5, 0.6) is 0 Å². The van der Waals surface area contributed by atoms with Gasteiger partial charge in [0.05, 0.1) is 0 Å². The third-order valence-electron chi connectivity index (χ3n) is 3.81. The maximum atomic E-state index is 10.3. The molecule has 0 aromatic heterocycles. The van der Waals surface area contributed by atoms with Crippen molar-refractivity contribution in [2.24, 2.45) is 0 Å². The van der Waals surface area contributed by atoms with E-state index in [1.54, 1.807) is 0 Å². The van der Waals surface area contributed by atoms with E-state index in [-0.39, 0.29) is 21.7 Å². The van der Waals surface area contributed by atoms with Crippen LogP contribution in [0.2, 0.25) is 0 Å². The Morgan fingerprint density at radius 3 is 0.525 bits per heavy atom. The zero-order valence-corrected chi connectivity index (χ0v) is 21.1. The van der Waals surface area contributed by atoms with E-state index in [1.807, 2.05) is 0 Å². The fourth-order valence-electron chi connectivity index (χ4n) is 2.07. The van der Waals surface area contributed by atoms with Crippen LogP contribution in [0.15, 0.2) is 0 Å². The van der Waals surface area contributed by atoms with Gasteiger partial charge in [0.1, 0.15) is 0 Å². The van der Waals surface area contributed by atoms with Gasteiger partial charge < -0.3 is 90.0 Å². The molecule has 0 amide bonds. The van der Waals surface area contributed by atoms with E-state index in [0.717, 1.165) is 0 Å². The van der Waals surface area contributed by atoms with Crippen LogP contribution in [0, 0.1) is 0 Å². The standard InChI is InChI=1S/3C6H8O7.Ti/c3*7-3(8)1-6(13,5(11)12)2-4(9)10;/h3*13H,1-2H2,(H,7,8)(H,9,10)(H,11,12);/q;;;+4/p-6. The largest absolute Gasteiger partial charge is 4.00 e. The fraction of sp³-hybridized carbons (Fsp3) is 0.500. The van der Waals surface area contributed by atoms with Crippen LogP contribution in [0.3, 0.4) is 0 Å². The summed E-state index contributed by atoms with van der Waals surface area (Å²) < 4.78 is 0. The molecule has 0 saturated heterocycles. The number of hydrogen-bond acceptors (Lipinski definition) is 18. The molecule has 222 valence electrons. The second kappa shape index (κ2) is 18.2. The number of aliphatic carboxylic acids is 9. The van der Waals surface area contributed by atoms with Gasteiger partial charge in [-0.15, -0.1) is 0 Å². The van der Waals surface area contributed by atoms with E-state index in [9.17, 15) is 73.8 Å². The number of aliphatic hydroxyl groups is 3. The van der Waals surface area contributed by atoms with E-state index in [1.165, 1.54) is 0 Å². The van der Waals surface area contributed by atoms with Gasteiger partial charge in [0.15, 0.2) is 16.8 Å². The van der Waals surface area contributed by atoms with Crippen molar-refractivity contribution in [3.8, 4) is 0 Å². The summed E-state index contributed by atoms with van der Waals surface area (Å²) in [4.78, 5) is 90.5. The minimum Gasteiger partial charge on any atom is -0.550 e. The van der Waals surface area contributed by atoms with Gasteiger partial charge in [0, 0.05) is 74.3 Å². The maximum Gasteiger partial charge on any atom is 4.00 e. The second-order valence-corrected chi connectivity index (χ2v) is 7.30. The summed E-state index contributed by atoms with van der Waals surface area (Å²) in [6, 6.07) is 0. The van der Waals surface area contributed by atoms with Gasteiger partial charge >= 0.3 is 39.6 Å². The number of carboxylic acid groups (broad SMARTS) is 9. The van der Waals surface area contributed by atoms with Crippen LogP contribution in [0.25, 0.3) is 0 Å². The average molecular weight is 618 g/mol. The Morgan fingerprint density at radius 1 is 0.375 bits per heavy atom. The normalized spacial score (nSPS) is 10.6. The Bertz CT molecular complexity index is 812. The Hall–Kier alpha value is -4.18. The number of carbonyl (C=O) groups excluding carboxylic acids is 6. The molecule has 0 aromatic rings. The minimum atomic E-state index is -2.86. The fourth-order valence-corrected chi connectivity index (χ4v) is 2.07. The summed E-state index contributed by atoms with van der Waals surface area (Å²) in [5.74, 6) is -17.0. The van der Waals surface area contributed by atoms with E-state index in [0.29, 0.717) is 0 Å². The molecule has 21 nitrogen and oxygen atoms in total. The van der Waals surface area contributed by atoms with Crippen molar-refractivity contribution in [3.63, 3.8) is 0 Å². The van der Waals surface area contributed by atoms with Crippen LogP contribution < -0.4 is 30.6 Å². The van der Waals surface area contributed by atoms with Gasteiger partial charge in [-0.25, -0.2) is 14.4 Å². The van der Waals surface area contributed by atoms with Gasteiger partial charge in [-0.1, -0.05) is 0 Å². The van der Waals surface area contributed by atoms with Crippen molar-refractivity contribution in [2.75, 3.05) is 0 Å². The van der Waals surface area contributed by atoms with Gasteiger partial charge in [-0.3, -0.25) is 0 Å². The molecule has 0 fully saturated rings. The molecule has 0 spiro atoms. The quantitative estimate of drug-likeness (QED) is 0.0927. The van der Waals surface area contributed by atoms with Crippen molar-refractivity contribution in [3.05, 3.63) is 0 Å². The molecule has 22 heteroatoms. The molecule has 0 saturated carbocycles. The molecule has 0 atom stereocenters. The summed E-state index contributed by atoms with van der Waals surface area (Å²) >= 11 is 0. The summed E-state index contributed by atoms with van der Waals surface area (Å²) in [5, 5.41) is 112. The van der Waals surface area contributed by atoms with Crippen LogP contribution in [0.1, 0.15) is 38.5 Å². The van der Waals surface area contributed by atoms with E-state index >= 15 is 0 Å². The molecule has 0 aliphatic rings. The smallest absolute Gasteiger partial charge is 0.550 e. The second-order valence-electron chi connectivity index (χ2n) is 7.30. The zero-order chi connectivity index (χ0) is 31.9. The van der Waals surface area contributed by atoms with E-state index in [2.05, 4.69) is 0 Å². The summed E-state index contributed by atoms with van der Waals surface area (Å²) in [5.41, 5.74) is -8.59. The number of carboxylic acids is 9. The molecule has 0 radical (unpaired) electrons. The Labute approximate surface area is 235 Å². The average Bonchev–Trinajstić information content (AvgIpc) is 2.64. The topological polar surface area (TPSA) is 413 Å². The van der Waals surface area contributed by atoms with E-state index < -0.39 is 109 Å². The molecule has 0 rings (SSSR count). The third-order valence-corrected chi connectivity index (χ3v) is 3.81. The first kappa shape index (κ1) is 42.9. The molecule has 40 heavy (non-hydrogen) atoms. The third kappa shape index (κ3) is 19.0. The number of rotatable bonds is 15. The summed E-state index contributed by atoms with van der Waals surface area (Å²) in [6.45, 7) is 0. The monoisotopic (exact) mass is 618 g/mol. The molecule has 0 aliphatic carbocycles. The first-order valence-corrected chi connectivity index (χ1v) is 9.40. The predicted octanol–water partition coefficient (Wildman–Crippen LogP) is -11.8. The van der Waals surface area contributed by atoms with Crippen LogP contribution in [0.4, 0.5) is 0 Å². The molecule has 0 aliphatic heterocycles. The van der Waals surface area contributed by atoms with Gasteiger partial charge in [-0.05, 0) is 0 Å². The molecule has 6 N–H and O–H groups in total. The first-order chi connectivity index (χ1) is 17.3. The van der Waals surface area contributed by atoms with Crippen LogP contribution in [-0.2, 0) is 64.9 Å². The van der Waals surface area contributed by atoms with Crippen molar-refractivity contribution >= 4 is 53.7 Å². The Balaban J connectivity index is -0.000000240. The van der Waals surface area contributed by atoms with E-state index in [4.69, 9.17) is 30.6 Å². The van der Waals surface area contributed by atoms with Crippen LogP contribution in [-0.4, -0.2) is 101 Å². The first-order valence-electron chi connectivity index (χ1n) is 9.40. The van der Waals surface area contributed by atoms with Crippen molar-refractivity contribution in [2.45, 2.75) is 55.3 Å². The van der Waals surface area contributed by atoms with Crippen molar-refractivity contribution in [1.29, 1.82) is 0 Å². The molecule has 0 heterocycles. The van der Waals surface area contributed by atoms with Gasteiger partial charge in [0.25, 0.3) is 0 Å². The minimum absolute atomic E-state index is 0. The summed E-state index contributed by atoms with van der Waals surface area (Å²) in [6.07, 6.45) is -7.77. The Morgan fingerprint density at radius 2 is 0.475 bits per heavy atom. The molecular formula is C18H18O21Ti-2. The summed E-state index contributed by atoms with van der Waals surface area (Å²) in [7, 11) is 0. The number of hydrogen-bond donors (Lipinski definition) is 6. The number of carbonyl (C=O) groups is 9. The van der Waals surface area contributed by atoms with Crippen molar-refractivity contribution < 1.29 is 126 Å². The molecule has 0 aromatic carbocycles. The van der Waals surface area contributed by atoms with Gasteiger partial charge in [-0.2, -0.15) is 0 Å². The predicted molar refractivity (Wildman–Crippen MR) is 95.5 cm³/mol.